The molecule has 0 aliphatic heterocycles. The Morgan fingerprint density at radius 2 is 1.75 bits per heavy atom. The first-order chi connectivity index (χ1) is 9.59. The number of phenolic OH excluding ortho intramolecular Hbond substituents is 1. The molecular weight excluding hydrogens is 252 g/mol. The van der Waals surface area contributed by atoms with Gasteiger partial charge in [0.25, 0.3) is 0 Å². The lowest BCUT2D eigenvalue weighted by molar-refractivity contribution is -0.132. The van der Waals surface area contributed by atoms with E-state index in [9.17, 15) is 9.90 Å². The number of amides is 1. The van der Waals surface area contributed by atoms with Gasteiger partial charge in [0.1, 0.15) is 11.8 Å². The monoisotopic (exact) mass is 270 g/mol. The molecule has 2 aromatic carbocycles. The second kappa shape index (κ2) is 6.21. The number of rotatable bonds is 4. The van der Waals surface area contributed by atoms with Crippen LogP contribution in [0.15, 0.2) is 54.6 Å². The Hall–Kier alpha value is -2.33. The van der Waals surface area contributed by atoms with Crippen molar-refractivity contribution in [2.75, 3.05) is 7.05 Å². The van der Waals surface area contributed by atoms with Crippen molar-refractivity contribution in [3.8, 4) is 5.75 Å². The smallest absolute Gasteiger partial charge is 0.244 e. The van der Waals surface area contributed by atoms with Crippen LogP contribution in [-0.4, -0.2) is 23.0 Å². The molecule has 20 heavy (non-hydrogen) atoms. The molecule has 0 spiro atoms. The number of para-hydroxylation sites is 1. The van der Waals surface area contributed by atoms with E-state index in [1.807, 2.05) is 36.4 Å². The van der Waals surface area contributed by atoms with Crippen molar-refractivity contribution in [3.63, 3.8) is 0 Å². The number of benzene rings is 2. The third-order valence-corrected chi connectivity index (χ3v) is 3.20. The second-order valence-corrected chi connectivity index (χ2v) is 4.71. The lowest BCUT2D eigenvalue weighted by Gasteiger charge is -2.22. The summed E-state index contributed by atoms with van der Waals surface area (Å²) in [5, 5.41) is 9.73. The molecule has 0 radical (unpaired) electrons. The fourth-order valence-corrected chi connectivity index (χ4v) is 2.02. The van der Waals surface area contributed by atoms with Gasteiger partial charge in [-0.25, -0.2) is 0 Å². The Balaban J connectivity index is 2.08. The molecule has 2 aromatic rings. The van der Waals surface area contributed by atoms with Crippen LogP contribution < -0.4 is 5.73 Å². The summed E-state index contributed by atoms with van der Waals surface area (Å²) in [6.45, 7) is 0.325. The number of nitrogens with zero attached hydrogens (tertiary/aromatic N) is 1. The zero-order valence-corrected chi connectivity index (χ0v) is 11.4. The number of nitrogens with two attached hydrogens (primary N) is 1. The van der Waals surface area contributed by atoms with Crippen molar-refractivity contribution < 1.29 is 9.90 Å². The molecule has 1 unspecified atom stereocenters. The van der Waals surface area contributed by atoms with Crippen LogP contribution in [0.25, 0.3) is 0 Å². The van der Waals surface area contributed by atoms with Crippen molar-refractivity contribution in [1.29, 1.82) is 0 Å². The zero-order valence-electron chi connectivity index (χ0n) is 11.4. The first-order valence-electron chi connectivity index (χ1n) is 6.42. The highest BCUT2D eigenvalue weighted by atomic mass is 16.3. The van der Waals surface area contributed by atoms with Crippen molar-refractivity contribution in [2.45, 2.75) is 12.6 Å². The molecule has 1 amide bonds. The summed E-state index contributed by atoms with van der Waals surface area (Å²) in [7, 11) is 1.68. The van der Waals surface area contributed by atoms with Crippen molar-refractivity contribution in [2.24, 2.45) is 5.73 Å². The van der Waals surface area contributed by atoms with Gasteiger partial charge in [-0.05, 0) is 11.6 Å². The fourth-order valence-electron chi connectivity index (χ4n) is 2.02. The number of carbonyl (C=O) groups excluding carboxylic acids is 1. The van der Waals surface area contributed by atoms with E-state index in [1.165, 1.54) is 4.90 Å². The molecular formula is C16H18N2O2. The van der Waals surface area contributed by atoms with Crippen LogP contribution in [0.4, 0.5) is 0 Å². The van der Waals surface area contributed by atoms with Crippen LogP contribution in [0.3, 0.4) is 0 Å². The molecule has 0 saturated carbocycles. The van der Waals surface area contributed by atoms with E-state index in [0.29, 0.717) is 12.1 Å². The molecule has 0 aliphatic carbocycles. The van der Waals surface area contributed by atoms with Crippen LogP contribution in [-0.2, 0) is 11.3 Å². The predicted molar refractivity (Wildman–Crippen MR) is 78.0 cm³/mol. The normalized spacial score (nSPS) is 11.9. The van der Waals surface area contributed by atoms with Crippen molar-refractivity contribution >= 4 is 5.91 Å². The molecule has 2 rings (SSSR count). The van der Waals surface area contributed by atoms with Gasteiger partial charge >= 0.3 is 0 Å². The highest BCUT2D eigenvalue weighted by Gasteiger charge is 2.20. The average molecular weight is 270 g/mol. The van der Waals surface area contributed by atoms with E-state index < -0.39 is 6.04 Å². The lowest BCUT2D eigenvalue weighted by atomic mass is 10.1. The van der Waals surface area contributed by atoms with Gasteiger partial charge in [0, 0.05) is 19.2 Å². The predicted octanol–water partition coefficient (Wildman–Crippen LogP) is 2.05. The molecule has 0 fully saturated rings. The molecule has 0 heterocycles. The second-order valence-electron chi connectivity index (χ2n) is 4.71. The standard InChI is InChI=1S/C16H18N2O2/c1-18(11-13-9-5-6-10-14(13)19)16(20)15(17)12-7-3-2-4-8-12/h2-10,15,19H,11,17H2,1H3. The van der Waals surface area contributed by atoms with E-state index >= 15 is 0 Å². The number of phenols is 1. The van der Waals surface area contributed by atoms with Crippen molar-refractivity contribution in [1.82, 2.24) is 4.90 Å². The van der Waals surface area contributed by atoms with Gasteiger partial charge in [-0.1, -0.05) is 48.5 Å². The molecule has 0 aromatic heterocycles. The van der Waals surface area contributed by atoms with E-state index in [4.69, 9.17) is 5.73 Å². The third kappa shape index (κ3) is 3.16. The molecule has 4 heteroatoms. The Bertz CT molecular complexity index is 584. The topological polar surface area (TPSA) is 66.6 Å². The van der Waals surface area contributed by atoms with E-state index in [0.717, 1.165) is 5.56 Å². The summed E-state index contributed by atoms with van der Waals surface area (Å²) in [5.41, 5.74) is 7.45. The molecule has 104 valence electrons. The molecule has 0 aliphatic rings. The Labute approximate surface area is 118 Å². The number of hydrogen-bond acceptors (Lipinski definition) is 3. The molecule has 1 atom stereocenters. The summed E-state index contributed by atoms with van der Waals surface area (Å²) < 4.78 is 0. The van der Waals surface area contributed by atoms with Gasteiger partial charge in [0.15, 0.2) is 0 Å². The van der Waals surface area contributed by atoms with Crippen LogP contribution >= 0.6 is 0 Å². The van der Waals surface area contributed by atoms with Crippen molar-refractivity contribution in [3.05, 3.63) is 65.7 Å². The number of hydrogen-bond donors (Lipinski definition) is 2. The Morgan fingerprint density at radius 3 is 2.40 bits per heavy atom. The minimum Gasteiger partial charge on any atom is -0.508 e. The van der Waals surface area contributed by atoms with Gasteiger partial charge in [-0.15, -0.1) is 0 Å². The maximum Gasteiger partial charge on any atom is 0.244 e. The number of likely N-dealkylation sites (N-methyl/N-ethyl adjacent to an activating group) is 1. The largest absolute Gasteiger partial charge is 0.508 e. The highest BCUT2D eigenvalue weighted by molar-refractivity contribution is 5.82. The summed E-state index contributed by atoms with van der Waals surface area (Å²) >= 11 is 0. The third-order valence-electron chi connectivity index (χ3n) is 3.20. The number of aromatic hydroxyl groups is 1. The summed E-state index contributed by atoms with van der Waals surface area (Å²) in [6, 6.07) is 15.5. The van der Waals surface area contributed by atoms with E-state index in [2.05, 4.69) is 0 Å². The van der Waals surface area contributed by atoms with Crippen LogP contribution in [0.1, 0.15) is 17.2 Å². The molecule has 4 nitrogen and oxygen atoms in total. The van der Waals surface area contributed by atoms with Gasteiger partial charge in [-0.2, -0.15) is 0 Å². The van der Waals surface area contributed by atoms with E-state index in [-0.39, 0.29) is 11.7 Å². The van der Waals surface area contributed by atoms with Gasteiger partial charge in [-0.3, -0.25) is 4.79 Å². The Kier molecular flexibility index (Phi) is 4.38. The summed E-state index contributed by atoms with van der Waals surface area (Å²) in [6.07, 6.45) is 0. The molecule has 0 bridgehead atoms. The first kappa shape index (κ1) is 14.1. The summed E-state index contributed by atoms with van der Waals surface area (Å²) in [5.74, 6) is -0.000106. The quantitative estimate of drug-likeness (QED) is 0.893. The molecule has 3 N–H and O–H groups in total. The number of carbonyl (C=O) groups is 1. The van der Waals surface area contributed by atoms with Gasteiger partial charge in [0.2, 0.25) is 5.91 Å². The zero-order chi connectivity index (χ0) is 14.5. The van der Waals surface area contributed by atoms with Crippen LogP contribution in [0.2, 0.25) is 0 Å². The highest BCUT2D eigenvalue weighted by Crippen LogP contribution is 2.19. The SMILES string of the molecule is CN(Cc1ccccc1O)C(=O)C(N)c1ccccc1. The molecule has 0 saturated heterocycles. The lowest BCUT2D eigenvalue weighted by Crippen LogP contribution is -2.35. The van der Waals surface area contributed by atoms with Crippen LogP contribution in [0.5, 0.6) is 5.75 Å². The van der Waals surface area contributed by atoms with E-state index in [1.54, 1.807) is 25.2 Å². The Morgan fingerprint density at radius 1 is 1.15 bits per heavy atom. The minimum atomic E-state index is -0.688. The van der Waals surface area contributed by atoms with Crippen LogP contribution in [0, 0.1) is 0 Å². The fraction of sp³-hybridized carbons (Fsp3) is 0.188. The van der Waals surface area contributed by atoms with Gasteiger partial charge in [0.05, 0.1) is 0 Å². The maximum atomic E-state index is 12.3. The minimum absolute atomic E-state index is 0.181. The summed E-state index contributed by atoms with van der Waals surface area (Å²) in [4.78, 5) is 13.8. The average Bonchev–Trinajstić information content (AvgIpc) is 2.49. The first-order valence-corrected chi connectivity index (χ1v) is 6.42. The maximum absolute atomic E-state index is 12.3. The van der Waals surface area contributed by atoms with Gasteiger partial charge < -0.3 is 15.7 Å².